The van der Waals surface area contributed by atoms with Gasteiger partial charge in [-0.3, -0.25) is 4.90 Å². The maximum Gasteiger partial charge on any atom is 0.0323 e. The van der Waals surface area contributed by atoms with E-state index >= 15 is 0 Å². The lowest BCUT2D eigenvalue weighted by molar-refractivity contribution is 0.193. The van der Waals surface area contributed by atoms with Gasteiger partial charge in [0.25, 0.3) is 0 Å². The van der Waals surface area contributed by atoms with E-state index in [4.69, 9.17) is 0 Å². The Bertz CT molecular complexity index is 489. The highest BCUT2D eigenvalue weighted by Crippen LogP contribution is 2.29. The van der Waals surface area contributed by atoms with Crippen molar-refractivity contribution in [3.05, 3.63) is 57.8 Å². The maximum atomic E-state index is 2.57. The zero-order valence-corrected chi connectivity index (χ0v) is 12.9. The van der Waals surface area contributed by atoms with E-state index in [9.17, 15) is 0 Å². The fourth-order valence-electron chi connectivity index (χ4n) is 2.54. The number of thiophene rings is 1. The predicted octanol–water partition coefficient (Wildman–Crippen LogP) is 4.89. The van der Waals surface area contributed by atoms with Crippen LogP contribution in [-0.2, 0) is 13.0 Å². The second-order valence-electron chi connectivity index (χ2n) is 4.68. The molecule has 1 aromatic heterocycles. The number of nitrogens with zero attached hydrogens (tertiary/aromatic N) is 1. The van der Waals surface area contributed by atoms with E-state index in [0.29, 0.717) is 6.04 Å². The molecule has 0 saturated carbocycles. The minimum atomic E-state index is 0.518. The van der Waals surface area contributed by atoms with Gasteiger partial charge in [0.1, 0.15) is 0 Å². The molecule has 1 nitrogen and oxygen atoms in total. The predicted molar refractivity (Wildman–Crippen MR) is 84.6 cm³/mol. The Morgan fingerprint density at radius 1 is 1.11 bits per heavy atom. The lowest BCUT2D eigenvalue weighted by Crippen LogP contribution is -2.32. The van der Waals surface area contributed by atoms with Gasteiger partial charge in [-0.2, -0.15) is 0 Å². The Kier molecular flexibility index (Phi) is 5.17. The molecule has 0 saturated heterocycles. The van der Waals surface area contributed by atoms with Gasteiger partial charge in [-0.25, -0.2) is 0 Å². The van der Waals surface area contributed by atoms with E-state index in [0.717, 1.165) is 6.54 Å². The Hall–Kier alpha value is -1.12. The summed E-state index contributed by atoms with van der Waals surface area (Å²) in [6.07, 6.45) is 1.21. The summed E-state index contributed by atoms with van der Waals surface area (Å²) in [6, 6.07) is 13.6. The second-order valence-corrected chi connectivity index (χ2v) is 5.68. The molecule has 1 aliphatic heterocycles. The van der Waals surface area contributed by atoms with E-state index in [2.05, 4.69) is 53.6 Å². The molecule has 0 radical (unpaired) electrons. The lowest BCUT2D eigenvalue weighted by Gasteiger charge is -2.32. The molecule has 2 heterocycles. The van der Waals surface area contributed by atoms with Crippen molar-refractivity contribution < 1.29 is 0 Å². The van der Waals surface area contributed by atoms with Crippen LogP contribution in [0, 0.1) is 0 Å². The van der Waals surface area contributed by atoms with Gasteiger partial charge in [-0.05, 0) is 35.9 Å². The van der Waals surface area contributed by atoms with Gasteiger partial charge in [0, 0.05) is 24.0 Å². The third kappa shape index (κ3) is 3.26. The molecule has 0 spiro atoms. The van der Waals surface area contributed by atoms with Crippen molar-refractivity contribution >= 4 is 11.3 Å². The van der Waals surface area contributed by atoms with E-state index in [1.54, 1.807) is 4.88 Å². The van der Waals surface area contributed by atoms with Crippen LogP contribution in [0.1, 0.15) is 42.8 Å². The van der Waals surface area contributed by atoms with Crippen LogP contribution < -0.4 is 0 Å². The summed E-state index contributed by atoms with van der Waals surface area (Å²) in [7, 11) is 0. The second kappa shape index (κ2) is 6.88. The third-order valence-corrected chi connectivity index (χ3v) is 4.69. The molecule has 2 aromatic rings. The molecular formula is C17H23NS. The molecule has 0 amide bonds. The molecule has 0 N–H and O–H groups in total. The number of hydrogen-bond acceptors (Lipinski definition) is 2. The monoisotopic (exact) mass is 273 g/mol. The maximum absolute atomic E-state index is 2.57. The smallest absolute Gasteiger partial charge is 0.0323 e. The Labute approximate surface area is 120 Å². The van der Waals surface area contributed by atoms with Crippen molar-refractivity contribution in [3.8, 4) is 0 Å². The van der Waals surface area contributed by atoms with Crippen molar-refractivity contribution in [2.75, 3.05) is 6.54 Å². The highest BCUT2D eigenvalue weighted by atomic mass is 32.1. The Balaban J connectivity index is 0.000000637. The largest absolute Gasteiger partial charge is 0.292 e. The molecule has 1 unspecified atom stereocenters. The minimum absolute atomic E-state index is 0.518. The van der Waals surface area contributed by atoms with E-state index in [1.807, 2.05) is 25.2 Å². The van der Waals surface area contributed by atoms with Gasteiger partial charge in [-0.1, -0.05) is 44.2 Å². The lowest BCUT2D eigenvalue weighted by atomic mass is 10.0. The van der Waals surface area contributed by atoms with E-state index < -0.39 is 0 Å². The van der Waals surface area contributed by atoms with Crippen LogP contribution >= 0.6 is 11.3 Å². The first-order valence-electron chi connectivity index (χ1n) is 7.19. The standard InChI is InChI=1S/C15H17NS.C2H6/c1-12(13-5-3-2-4-6-13)16-9-7-15-14(11-16)8-10-17-15;1-2/h2-6,8,10,12H,7,9,11H2,1H3;1-2H3. The van der Waals surface area contributed by atoms with E-state index in [1.165, 1.54) is 24.1 Å². The first-order valence-corrected chi connectivity index (χ1v) is 8.07. The van der Waals surface area contributed by atoms with Gasteiger partial charge in [0.15, 0.2) is 0 Å². The number of rotatable bonds is 2. The summed E-state index contributed by atoms with van der Waals surface area (Å²) in [6.45, 7) is 8.60. The average molecular weight is 273 g/mol. The summed E-state index contributed by atoms with van der Waals surface area (Å²) in [4.78, 5) is 4.16. The van der Waals surface area contributed by atoms with Crippen molar-refractivity contribution in [1.29, 1.82) is 0 Å². The van der Waals surface area contributed by atoms with Crippen LogP contribution in [0.4, 0.5) is 0 Å². The Morgan fingerprint density at radius 2 is 1.84 bits per heavy atom. The summed E-state index contributed by atoms with van der Waals surface area (Å²) in [5, 5.41) is 2.22. The number of hydrogen-bond donors (Lipinski definition) is 0. The first-order chi connectivity index (χ1) is 9.34. The van der Waals surface area contributed by atoms with Gasteiger partial charge < -0.3 is 0 Å². The zero-order chi connectivity index (χ0) is 13.7. The highest BCUT2D eigenvalue weighted by Gasteiger charge is 2.21. The van der Waals surface area contributed by atoms with Crippen LogP contribution in [0.15, 0.2) is 41.8 Å². The fraction of sp³-hybridized carbons (Fsp3) is 0.412. The summed E-state index contributed by atoms with van der Waals surface area (Å²) in [5.41, 5.74) is 2.95. The summed E-state index contributed by atoms with van der Waals surface area (Å²) >= 11 is 1.91. The van der Waals surface area contributed by atoms with Crippen molar-refractivity contribution in [3.63, 3.8) is 0 Å². The van der Waals surface area contributed by atoms with Gasteiger partial charge >= 0.3 is 0 Å². The molecule has 0 bridgehead atoms. The zero-order valence-electron chi connectivity index (χ0n) is 12.1. The number of fused-ring (bicyclic) bond motifs is 1. The molecule has 1 aromatic carbocycles. The minimum Gasteiger partial charge on any atom is -0.292 e. The molecule has 0 fully saturated rings. The molecule has 1 atom stereocenters. The summed E-state index contributed by atoms with van der Waals surface area (Å²) in [5.74, 6) is 0. The fourth-order valence-corrected chi connectivity index (χ4v) is 3.43. The molecule has 0 aliphatic carbocycles. The van der Waals surface area contributed by atoms with Crippen LogP contribution in [0.25, 0.3) is 0 Å². The van der Waals surface area contributed by atoms with Gasteiger partial charge in [0.2, 0.25) is 0 Å². The normalized spacial score (nSPS) is 16.2. The first kappa shape index (κ1) is 14.3. The van der Waals surface area contributed by atoms with Gasteiger partial charge in [-0.15, -0.1) is 11.3 Å². The highest BCUT2D eigenvalue weighted by molar-refractivity contribution is 7.10. The number of benzene rings is 1. The summed E-state index contributed by atoms with van der Waals surface area (Å²) < 4.78 is 0. The molecule has 102 valence electrons. The molecule has 2 heteroatoms. The topological polar surface area (TPSA) is 3.24 Å². The molecule has 19 heavy (non-hydrogen) atoms. The molecular weight excluding hydrogens is 250 g/mol. The van der Waals surface area contributed by atoms with Crippen LogP contribution in [-0.4, -0.2) is 11.4 Å². The molecule has 1 aliphatic rings. The van der Waals surface area contributed by atoms with E-state index in [-0.39, 0.29) is 0 Å². The third-order valence-electron chi connectivity index (χ3n) is 3.67. The van der Waals surface area contributed by atoms with Crippen molar-refractivity contribution in [2.24, 2.45) is 0 Å². The SMILES string of the molecule is CC.CC(c1ccccc1)N1CCc2sccc2C1. The Morgan fingerprint density at radius 3 is 2.58 bits per heavy atom. The van der Waals surface area contributed by atoms with Crippen LogP contribution in [0.5, 0.6) is 0 Å². The molecule has 3 rings (SSSR count). The van der Waals surface area contributed by atoms with Crippen molar-refractivity contribution in [1.82, 2.24) is 4.90 Å². The van der Waals surface area contributed by atoms with Crippen LogP contribution in [0.3, 0.4) is 0 Å². The average Bonchev–Trinajstić information content (AvgIpc) is 2.97. The van der Waals surface area contributed by atoms with Gasteiger partial charge in [0.05, 0.1) is 0 Å². The van der Waals surface area contributed by atoms with Crippen molar-refractivity contribution in [2.45, 2.75) is 39.8 Å². The van der Waals surface area contributed by atoms with Crippen LogP contribution in [0.2, 0.25) is 0 Å². The quantitative estimate of drug-likeness (QED) is 0.752.